The zero-order valence-electron chi connectivity index (χ0n) is 17.5. The molecule has 4 rings (SSSR count). The predicted octanol–water partition coefficient (Wildman–Crippen LogP) is 2.93. The molecule has 0 unspecified atom stereocenters. The first-order valence-corrected chi connectivity index (χ1v) is 12.3. The van der Waals surface area contributed by atoms with Crippen LogP contribution < -0.4 is 4.74 Å². The molecule has 0 saturated carbocycles. The van der Waals surface area contributed by atoms with Gasteiger partial charge in [-0.2, -0.15) is 0 Å². The minimum atomic E-state index is -3.33. The lowest BCUT2D eigenvalue weighted by molar-refractivity contribution is -0.133. The lowest BCUT2D eigenvalue weighted by Crippen LogP contribution is -2.43. The summed E-state index contributed by atoms with van der Waals surface area (Å²) in [5.41, 5.74) is 1.33. The Kier molecular flexibility index (Phi) is 6.14. The van der Waals surface area contributed by atoms with Gasteiger partial charge in [-0.3, -0.25) is 4.79 Å². The summed E-state index contributed by atoms with van der Waals surface area (Å²) in [6.45, 7) is 0.810. The van der Waals surface area contributed by atoms with Crippen molar-refractivity contribution in [1.29, 1.82) is 0 Å². The van der Waals surface area contributed by atoms with Crippen molar-refractivity contribution >= 4 is 26.8 Å². The van der Waals surface area contributed by atoms with E-state index in [9.17, 15) is 22.0 Å². The summed E-state index contributed by atoms with van der Waals surface area (Å²) < 4.78 is 57.8. The van der Waals surface area contributed by atoms with Gasteiger partial charge in [-0.15, -0.1) is 0 Å². The lowest BCUT2D eigenvalue weighted by Gasteiger charge is -2.32. The van der Waals surface area contributed by atoms with Crippen LogP contribution in [-0.4, -0.2) is 54.2 Å². The molecule has 1 aromatic heterocycles. The third kappa shape index (κ3) is 5.07. The number of hydrogen-bond donors (Lipinski definition) is 0. The van der Waals surface area contributed by atoms with Crippen LogP contribution in [0.2, 0.25) is 0 Å². The molecule has 1 aliphatic heterocycles. The number of hydrogen-bond acceptors (Lipinski definition) is 5. The number of likely N-dealkylation sites (tertiary alicyclic amines) is 1. The topological polar surface area (TPSA) is 81.5 Å². The molecule has 2 aromatic carbocycles. The fourth-order valence-corrected chi connectivity index (χ4v) is 4.54. The van der Waals surface area contributed by atoms with E-state index in [2.05, 4.69) is 4.98 Å². The number of para-hydroxylation sites is 2. The number of carbonyl (C=O) groups excluding carboxylic acids is 1. The van der Waals surface area contributed by atoms with Crippen LogP contribution >= 0.6 is 0 Å². The summed E-state index contributed by atoms with van der Waals surface area (Å²) in [6, 6.07) is 10.4. The Morgan fingerprint density at radius 1 is 1.16 bits per heavy atom. The Labute approximate surface area is 184 Å². The highest BCUT2D eigenvalue weighted by Crippen LogP contribution is 2.24. The lowest BCUT2D eigenvalue weighted by atomic mass is 10.1. The summed E-state index contributed by atoms with van der Waals surface area (Å²) in [6.07, 6.45) is 1.86. The van der Waals surface area contributed by atoms with Crippen molar-refractivity contribution in [2.24, 2.45) is 0 Å². The normalized spacial score (nSPS) is 15.3. The molecule has 0 N–H and O–H groups in total. The fraction of sp³-hybridized carbons (Fsp3) is 0.364. The van der Waals surface area contributed by atoms with Gasteiger partial charge in [-0.05, 0) is 24.3 Å². The molecule has 1 amide bonds. The molecule has 32 heavy (non-hydrogen) atoms. The molecule has 2 heterocycles. The first-order chi connectivity index (χ1) is 15.2. The van der Waals surface area contributed by atoms with Gasteiger partial charge in [0.1, 0.15) is 30.0 Å². The minimum Gasteiger partial charge on any atom is -0.487 e. The van der Waals surface area contributed by atoms with Gasteiger partial charge in [0.05, 0.1) is 11.0 Å². The zero-order valence-corrected chi connectivity index (χ0v) is 18.3. The summed E-state index contributed by atoms with van der Waals surface area (Å²) in [5.74, 6) is -1.52. The molecule has 0 aliphatic carbocycles. The van der Waals surface area contributed by atoms with Gasteiger partial charge >= 0.3 is 0 Å². The molecular weight excluding hydrogens is 440 g/mol. The Morgan fingerprint density at radius 3 is 2.56 bits per heavy atom. The second-order valence-electron chi connectivity index (χ2n) is 7.95. The van der Waals surface area contributed by atoms with E-state index >= 15 is 0 Å². The number of piperidine rings is 1. The van der Waals surface area contributed by atoms with E-state index in [0.29, 0.717) is 42.8 Å². The molecule has 1 aliphatic rings. The van der Waals surface area contributed by atoms with Gasteiger partial charge in [0, 0.05) is 38.3 Å². The van der Waals surface area contributed by atoms with Crippen molar-refractivity contribution in [3.8, 4) is 5.75 Å². The number of benzene rings is 2. The standard InChI is InChI=1S/C22H23F2N3O4S/c1-32(29,30)14-21-25-18-4-2-3-5-19(18)27(21)13-22(28)26-10-8-16(9-11-26)31-20-7-6-15(23)12-17(20)24/h2-7,12,16H,8-11,13-14H2,1H3. The molecule has 3 aromatic rings. The molecule has 0 spiro atoms. The largest absolute Gasteiger partial charge is 0.487 e. The van der Waals surface area contributed by atoms with Crippen LogP contribution in [0.1, 0.15) is 18.7 Å². The summed E-state index contributed by atoms with van der Waals surface area (Å²) >= 11 is 0. The van der Waals surface area contributed by atoms with E-state index < -0.39 is 21.5 Å². The number of aromatic nitrogens is 2. The minimum absolute atomic E-state index is 0.00789. The van der Waals surface area contributed by atoms with Gasteiger partial charge in [0.2, 0.25) is 5.91 Å². The summed E-state index contributed by atoms with van der Waals surface area (Å²) in [5, 5.41) is 0. The molecule has 7 nitrogen and oxygen atoms in total. The van der Waals surface area contributed by atoms with Crippen molar-refractivity contribution in [2.75, 3.05) is 19.3 Å². The Balaban J connectivity index is 1.43. The second-order valence-corrected chi connectivity index (χ2v) is 10.1. The number of fused-ring (bicyclic) bond motifs is 1. The molecule has 1 fully saturated rings. The fourth-order valence-electron chi connectivity index (χ4n) is 3.86. The summed E-state index contributed by atoms with van der Waals surface area (Å²) in [4.78, 5) is 19.0. The molecule has 0 radical (unpaired) electrons. The van der Waals surface area contributed by atoms with Crippen molar-refractivity contribution in [3.05, 3.63) is 59.9 Å². The molecule has 0 atom stereocenters. The van der Waals surface area contributed by atoms with E-state index in [1.165, 1.54) is 6.07 Å². The zero-order chi connectivity index (χ0) is 22.9. The number of nitrogens with zero attached hydrogens (tertiary/aromatic N) is 3. The Hall–Kier alpha value is -3.01. The average Bonchev–Trinajstić information content (AvgIpc) is 3.06. The first-order valence-electron chi connectivity index (χ1n) is 10.2. The number of rotatable bonds is 6. The summed E-state index contributed by atoms with van der Waals surface area (Å²) in [7, 11) is -3.33. The second kappa shape index (κ2) is 8.85. The molecule has 170 valence electrons. The maximum Gasteiger partial charge on any atom is 0.242 e. The highest BCUT2D eigenvalue weighted by Gasteiger charge is 2.26. The van der Waals surface area contributed by atoms with Gasteiger partial charge in [-0.25, -0.2) is 22.2 Å². The number of sulfone groups is 1. The maximum atomic E-state index is 13.8. The van der Waals surface area contributed by atoms with Crippen molar-refractivity contribution < 1.29 is 26.7 Å². The maximum absolute atomic E-state index is 13.8. The molecule has 0 bridgehead atoms. The third-order valence-corrected chi connectivity index (χ3v) is 6.18. The van der Waals surface area contributed by atoms with E-state index in [1.54, 1.807) is 27.7 Å². The van der Waals surface area contributed by atoms with Crippen LogP contribution in [0.15, 0.2) is 42.5 Å². The number of ether oxygens (including phenoxy) is 1. The third-order valence-electron chi connectivity index (χ3n) is 5.40. The van der Waals surface area contributed by atoms with E-state index in [-0.39, 0.29) is 30.1 Å². The number of amides is 1. The average molecular weight is 464 g/mol. The molecular formula is C22H23F2N3O4S. The number of halogens is 2. The highest BCUT2D eigenvalue weighted by atomic mass is 32.2. The van der Waals surface area contributed by atoms with Gasteiger partial charge in [0.25, 0.3) is 0 Å². The first kappa shape index (κ1) is 22.2. The van der Waals surface area contributed by atoms with Crippen molar-refractivity contribution in [2.45, 2.75) is 31.2 Å². The van der Waals surface area contributed by atoms with E-state index in [4.69, 9.17) is 4.74 Å². The van der Waals surface area contributed by atoms with Crippen molar-refractivity contribution in [1.82, 2.24) is 14.5 Å². The number of imidazole rings is 1. The van der Waals surface area contributed by atoms with E-state index in [0.717, 1.165) is 18.4 Å². The molecule has 1 saturated heterocycles. The van der Waals surface area contributed by atoms with Crippen LogP contribution in [0.3, 0.4) is 0 Å². The SMILES string of the molecule is CS(=O)(=O)Cc1nc2ccccc2n1CC(=O)N1CCC(Oc2ccc(F)cc2F)CC1. The molecule has 10 heteroatoms. The van der Waals surface area contributed by atoms with Crippen LogP contribution in [0.25, 0.3) is 11.0 Å². The number of carbonyl (C=O) groups is 1. The van der Waals surface area contributed by atoms with Crippen LogP contribution in [0.4, 0.5) is 8.78 Å². The van der Waals surface area contributed by atoms with Gasteiger partial charge < -0.3 is 14.2 Å². The van der Waals surface area contributed by atoms with E-state index in [1.807, 2.05) is 6.07 Å². The van der Waals surface area contributed by atoms with Gasteiger partial charge in [-0.1, -0.05) is 12.1 Å². The van der Waals surface area contributed by atoms with Crippen LogP contribution in [-0.2, 0) is 26.9 Å². The van der Waals surface area contributed by atoms with Crippen LogP contribution in [0, 0.1) is 11.6 Å². The quantitative estimate of drug-likeness (QED) is 0.562. The Bertz CT molecular complexity index is 1250. The monoisotopic (exact) mass is 463 g/mol. The smallest absolute Gasteiger partial charge is 0.242 e. The Morgan fingerprint density at radius 2 is 1.88 bits per heavy atom. The van der Waals surface area contributed by atoms with Crippen LogP contribution in [0.5, 0.6) is 5.75 Å². The highest BCUT2D eigenvalue weighted by molar-refractivity contribution is 7.89. The van der Waals surface area contributed by atoms with Crippen molar-refractivity contribution in [3.63, 3.8) is 0 Å². The predicted molar refractivity (Wildman–Crippen MR) is 115 cm³/mol. The van der Waals surface area contributed by atoms with Gasteiger partial charge in [0.15, 0.2) is 21.4 Å².